The highest BCUT2D eigenvalue weighted by Crippen LogP contribution is 2.62. The number of hydrogen-bond acceptors (Lipinski definition) is 2. The largest absolute Gasteiger partial charge is 0.392 e. The molecule has 0 aliphatic heterocycles. The summed E-state index contributed by atoms with van der Waals surface area (Å²) in [6, 6.07) is 0. The zero-order valence-electron chi connectivity index (χ0n) is 14.5. The van der Waals surface area contributed by atoms with Crippen molar-refractivity contribution in [3.05, 3.63) is 22.8 Å². The Balaban J connectivity index is 2.11. The molecular weight excluding hydrogens is 272 g/mol. The molecule has 0 radical (unpaired) electrons. The van der Waals surface area contributed by atoms with Gasteiger partial charge in [-0.1, -0.05) is 44.9 Å². The molecular formula is C20H30O2. The highest BCUT2D eigenvalue weighted by molar-refractivity contribution is 5.73. The first-order chi connectivity index (χ1) is 10.3. The molecule has 1 unspecified atom stereocenters. The molecule has 3 aliphatic rings. The van der Waals surface area contributed by atoms with Gasteiger partial charge in [0.15, 0.2) is 0 Å². The van der Waals surface area contributed by atoms with Crippen molar-refractivity contribution in [1.82, 2.24) is 0 Å². The lowest BCUT2D eigenvalue weighted by Crippen LogP contribution is -2.46. The molecule has 0 heterocycles. The van der Waals surface area contributed by atoms with E-state index in [0.717, 1.165) is 24.7 Å². The minimum atomic E-state index is -0.400. The van der Waals surface area contributed by atoms with Crippen molar-refractivity contribution in [2.75, 3.05) is 0 Å². The summed E-state index contributed by atoms with van der Waals surface area (Å²) >= 11 is 0. The van der Waals surface area contributed by atoms with E-state index in [1.165, 1.54) is 19.3 Å². The Morgan fingerprint density at radius 1 is 1.27 bits per heavy atom. The molecule has 3 rings (SSSR count). The average Bonchev–Trinajstić information content (AvgIpc) is 2.76. The molecule has 1 N–H and O–H groups in total. The molecule has 0 aromatic carbocycles. The number of carbonyl (C=O) groups excluding carboxylic acids is 1. The summed E-state index contributed by atoms with van der Waals surface area (Å²) in [5, 5.41) is 10.9. The van der Waals surface area contributed by atoms with Crippen molar-refractivity contribution in [2.24, 2.45) is 22.7 Å². The van der Waals surface area contributed by atoms with Gasteiger partial charge in [0, 0.05) is 11.8 Å². The lowest BCUT2D eigenvalue weighted by Gasteiger charge is -2.51. The van der Waals surface area contributed by atoms with E-state index in [9.17, 15) is 9.90 Å². The van der Waals surface area contributed by atoms with Crippen molar-refractivity contribution in [2.45, 2.75) is 72.3 Å². The van der Waals surface area contributed by atoms with E-state index in [4.69, 9.17) is 0 Å². The first kappa shape index (κ1) is 16.0. The van der Waals surface area contributed by atoms with E-state index in [0.29, 0.717) is 23.7 Å². The normalized spacial score (nSPS) is 41.8. The molecule has 1 fully saturated rings. The van der Waals surface area contributed by atoms with Crippen molar-refractivity contribution < 1.29 is 9.90 Å². The number of rotatable bonds is 2. The van der Waals surface area contributed by atoms with Crippen LogP contribution in [-0.4, -0.2) is 17.5 Å². The second kappa shape index (κ2) is 5.33. The van der Waals surface area contributed by atoms with Gasteiger partial charge in [0.2, 0.25) is 0 Å². The molecule has 3 aliphatic carbocycles. The fraction of sp³-hybridized carbons (Fsp3) is 0.750. The number of aliphatic hydroxyl groups excluding tert-OH is 1. The predicted molar refractivity (Wildman–Crippen MR) is 89.4 cm³/mol. The van der Waals surface area contributed by atoms with Crippen molar-refractivity contribution >= 4 is 6.29 Å². The molecule has 0 saturated heterocycles. The first-order valence-electron chi connectivity index (χ1n) is 8.87. The molecule has 0 amide bonds. The molecule has 0 spiro atoms. The Bertz CT molecular complexity index is 542. The maximum Gasteiger partial charge on any atom is 0.145 e. The minimum Gasteiger partial charge on any atom is -0.392 e. The van der Waals surface area contributed by atoms with E-state index >= 15 is 0 Å². The van der Waals surface area contributed by atoms with E-state index in [-0.39, 0.29) is 5.41 Å². The van der Waals surface area contributed by atoms with Gasteiger partial charge in [0.25, 0.3) is 0 Å². The average molecular weight is 302 g/mol. The van der Waals surface area contributed by atoms with E-state index < -0.39 is 6.10 Å². The molecule has 4 atom stereocenters. The first-order valence-corrected chi connectivity index (χ1v) is 8.87. The van der Waals surface area contributed by atoms with Gasteiger partial charge in [-0.15, -0.1) is 0 Å². The molecule has 2 nitrogen and oxygen atoms in total. The fourth-order valence-corrected chi connectivity index (χ4v) is 5.31. The maximum atomic E-state index is 11.2. The highest BCUT2D eigenvalue weighted by Gasteiger charge is 2.54. The third kappa shape index (κ3) is 2.22. The summed E-state index contributed by atoms with van der Waals surface area (Å²) in [6.45, 7) is 9.30. The number of carbonyl (C=O) groups is 1. The third-order valence-electron chi connectivity index (χ3n) is 6.96. The van der Waals surface area contributed by atoms with Crippen LogP contribution >= 0.6 is 0 Å². The summed E-state index contributed by atoms with van der Waals surface area (Å²) in [6.07, 6.45) is 8.82. The lowest BCUT2D eigenvalue weighted by atomic mass is 9.54. The quantitative estimate of drug-likeness (QED) is 0.605. The highest BCUT2D eigenvalue weighted by atomic mass is 16.3. The monoisotopic (exact) mass is 302 g/mol. The second-order valence-electron chi connectivity index (χ2n) is 8.57. The Hall–Kier alpha value is -0.890. The molecule has 122 valence electrons. The summed E-state index contributed by atoms with van der Waals surface area (Å²) in [5.41, 5.74) is 4.30. The van der Waals surface area contributed by atoms with Crippen LogP contribution in [0.3, 0.4) is 0 Å². The summed E-state index contributed by atoms with van der Waals surface area (Å²) in [5.74, 6) is 0.993. The van der Waals surface area contributed by atoms with Gasteiger partial charge < -0.3 is 5.11 Å². The van der Waals surface area contributed by atoms with E-state index in [2.05, 4.69) is 33.8 Å². The molecule has 0 aromatic heterocycles. The predicted octanol–water partition coefficient (Wildman–Crippen LogP) is 4.44. The number of fused-ring (bicyclic) bond motifs is 3. The van der Waals surface area contributed by atoms with Gasteiger partial charge in [-0.25, -0.2) is 0 Å². The third-order valence-corrected chi connectivity index (χ3v) is 6.96. The van der Waals surface area contributed by atoms with Crippen LogP contribution in [0.5, 0.6) is 0 Å². The van der Waals surface area contributed by atoms with Crippen LogP contribution in [0.4, 0.5) is 0 Å². The van der Waals surface area contributed by atoms with Gasteiger partial charge in [0.05, 0.1) is 6.10 Å². The summed E-state index contributed by atoms with van der Waals surface area (Å²) < 4.78 is 0. The van der Waals surface area contributed by atoms with Crippen LogP contribution in [0.25, 0.3) is 0 Å². The Labute approximate surface area is 134 Å². The fourth-order valence-electron chi connectivity index (χ4n) is 5.31. The van der Waals surface area contributed by atoms with Gasteiger partial charge >= 0.3 is 0 Å². The SMILES string of the molecule is CC(C)C1=C2[C@@H]3CC=C(C=O)CC(O)[C@@]3(C)CC[C@]2(C)CC1. The number of hydrogen-bond donors (Lipinski definition) is 1. The number of aliphatic hydroxyl groups is 1. The summed E-state index contributed by atoms with van der Waals surface area (Å²) in [7, 11) is 0. The second-order valence-corrected chi connectivity index (χ2v) is 8.57. The van der Waals surface area contributed by atoms with Crippen LogP contribution in [0.2, 0.25) is 0 Å². The van der Waals surface area contributed by atoms with Gasteiger partial charge in [-0.05, 0) is 54.9 Å². The van der Waals surface area contributed by atoms with Crippen molar-refractivity contribution in [3.63, 3.8) is 0 Å². The molecule has 0 aromatic rings. The van der Waals surface area contributed by atoms with E-state index in [1.807, 2.05) is 0 Å². The lowest BCUT2D eigenvalue weighted by molar-refractivity contribution is -0.105. The van der Waals surface area contributed by atoms with E-state index in [1.54, 1.807) is 11.1 Å². The number of aldehydes is 1. The Morgan fingerprint density at radius 3 is 2.64 bits per heavy atom. The van der Waals surface area contributed by atoms with Crippen LogP contribution < -0.4 is 0 Å². The Morgan fingerprint density at radius 2 is 2.00 bits per heavy atom. The van der Waals surface area contributed by atoms with Crippen LogP contribution in [0, 0.1) is 22.7 Å². The molecule has 22 heavy (non-hydrogen) atoms. The maximum absolute atomic E-state index is 11.2. The molecule has 0 bridgehead atoms. The van der Waals surface area contributed by atoms with Crippen molar-refractivity contribution in [1.29, 1.82) is 0 Å². The smallest absolute Gasteiger partial charge is 0.145 e. The van der Waals surface area contributed by atoms with Crippen molar-refractivity contribution in [3.8, 4) is 0 Å². The zero-order valence-corrected chi connectivity index (χ0v) is 14.5. The van der Waals surface area contributed by atoms with Crippen LogP contribution in [0.15, 0.2) is 22.8 Å². The minimum absolute atomic E-state index is 0.0828. The topological polar surface area (TPSA) is 37.3 Å². The molecule has 2 heteroatoms. The zero-order chi connectivity index (χ0) is 16.1. The van der Waals surface area contributed by atoms with Gasteiger partial charge in [-0.3, -0.25) is 4.79 Å². The number of allylic oxidation sites excluding steroid dienone is 3. The van der Waals surface area contributed by atoms with Gasteiger partial charge in [-0.2, -0.15) is 0 Å². The molecule has 1 saturated carbocycles. The van der Waals surface area contributed by atoms with Crippen LogP contribution in [-0.2, 0) is 4.79 Å². The standard InChI is InChI=1S/C20H30O2/c1-13(2)15-7-8-19(3)9-10-20(4)16(18(15)19)6-5-14(12-21)11-17(20)22/h5,12-13,16-17,22H,6-11H2,1-4H3/t16-,17?,19-,20-/m0/s1. The van der Waals surface area contributed by atoms with Gasteiger partial charge in [0.1, 0.15) is 6.29 Å². The van der Waals surface area contributed by atoms with Crippen LogP contribution in [0.1, 0.15) is 66.2 Å². The Kier molecular flexibility index (Phi) is 3.87. The summed E-state index contributed by atoms with van der Waals surface area (Å²) in [4.78, 5) is 11.2.